The number of amidine groups is 1. The van der Waals surface area contributed by atoms with Gasteiger partial charge in [-0.3, -0.25) is 4.99 Å². The first kappa shape index (κ1) is 19.3. The van der Waals surface area contributed by atoms with Crippen molar-refractivity contribution in [1.82, 2.24) is 19.5 Å². The molecule has 0 aliphatic carbocycles. The molecule has 0 aromatic carbocycles. The zero-order valence-electron chi connectivity index (χ0n) is 17.2. The fraction of sp³-hybridized carbons (Fsp3) is 0.600. The van der Waals surface area contributed by atoms with Gasteiger partial charge in [0.15, 0.2) is 11.6 Å². The average Bonchev–Trinajstić information content (AvgIpc) is 3.27. The first-order valence-electron chi connectivity index (χ1n) is 9.81. The van der Waals surface area contributed by atoms with E-state index >= 15 is 0 Å². The van der Waals surface area contributed by atoms with Gasteiger partial charge in [0.05, 0.1) is 17.1 Å². The van der Waals surface area contributed by atoms with Crippen molar-refractivity contribution < 1.29 is 0 Å². The van der Waals surface area contributed by atoms with Crippen LogP contribution in [0.4, 0.5) is 0 Å². The third-order valence-corrected chi connectivity index (χ3v) is 5.28. The van der Waals surface area contributed by atoms with Crippen molar-refractivity contribution in [3.05, 3.63) is 28.7 Å². The van der Waals surface area contributed by atoms with Gasteiger partial charge in [0, 0.05) is 32.1 Å². The summed E-state index contributed by atoms with van der Waals surface area (Å²) in [6, 6.07) is 2.17. The van der Waals surface area contributed by atoms with Crippen molar-refractivity contribution in [2.45, 2.75) is 59.3 Å². The van der Waals surface area contributed by atoms with E-state index in [1.807, 2.05) is 11.4 Å². The van der Waals surface area contributed by atoms with Gasteiger partial charge < -0.3 is 10.6 Å². The molecule has 2 aromatic heterocycles. The summed E-state index contributed by atoms with van der Waals surface area (Å²) in [6.45, 7) is 10.5. The number of aliphatic imine (C=N–C) groups is 2. The predicted molar refractivity (Wildman–Crippen MR) is 111 cm³/mol. The van der Waals surface area contributed by atoms with E-state index in [1.54, 1.807) is 7.05 Å². The van der Waals surface area contributed by atoms with Crippen LogP contribution in [0, 0.1) is 13.8 Å². The van der Waals surface area contributed by atoms with Crippen LogP contribution < -0.4 is 5.73 Å². The van der Waals surface area contributed by atoms with E-state index in [4.69, 9.17) is 15.8 Å². The molecular weight excluding hydrogens is 338 g/mol. The number of aromatic nitrogens is 3. The summed E-state index contributed by atoms with van der Waals surface area (Å²) in [7, 11) is 1.77. The fourth-order valence-electron chi connectivity index (χ4n) is 3.46. The van der Waals surface area contributed by atoms with Crippen LogP contribution in [0.15, 0.2) is 16.1 Å². The quantitative estimate of drug-likeness (QED) is 0.663. The molecule has 0 atom stereocenters. The molecule has 7 nitrogen and oxygen atoms in total. The molecule has 1 aliphatic heterocycles. The molecule has 3 rings (SSSR count). The summed E-state index contributed by atoms with van der Waals surface area (Å²) in [5.74, 6) is 1.74. The molecule has 3 heterocycles. The first-order valence-corrected chi connectivity index (χ1v) is 9.81. The zero-order valence-corrected chi connectivity index (χ0v) is 17.2. The molecule has 146 valence electrons. The molecule has 1 fully saturated rings. The summed E-state index contributed by atoms with van der Waals surface area (Å²) < 4.78 is 1.98. The van der Waals surface area contributed by atoms with Gasteiger partial charge in [-0.05, 0) is 45.1 Å². The average molecular weight is 370 g/mol. The summed E-state index contributed by atoms with van der Waals surface area (Å²) in [5.41, 5.74) is 11.5. The van der Waals surface area contributed by atoms with E-state index in [0.29, 0.717) is 18.3 Å². The molecule has 1 saturated heterocycles. The lowest BCUT2D eigenvalue weighted by Gasteiger charge is -2.16. The van der Waals surface area contributed by atoms with Gasteiger partial charge in [-0.25, -0.2) is 14.5 Å². The Hall–Kier alpha value is -2.44. The summed E-state index contributed by atoms with van der Waals surface area (Å²) >= 11 is 0. The van der Waals surface area contributed by atoms with Gasteiger partial charge in [0.1, 0.15) is 5.84 Å². The Balaban J connectivity index is 1.81. The number of aryl methyl sites for hydroxylation is 3. The minimum atomic E-state index is 0.388. The third kappa shape index (κ3) is 4.12. The van der Waals surface area contributed by atoms with E-state index < -0.39 is 0 Å². The van der Waals surface area contributed by atoms with Crippen LogP contribution in [0.1, 0.15) is 61.7 Å². The van der Waals surface area contributed by atoms with Gasteiger partial charge >= 0.3 is 0 Å². The molecule has 2 aromatic rings. The normalized spacial score (nSPS) is 16.1. The molecule has 7 heteroatoms. The van der Waals surface area contributed by atoms with E-state index in [2.05, 4.69) is 41.7 Å². The lowest BCUT2D eigenvalue weighted by Crippen LogP contribution is -2.35. The van der Waals surface area contributed by atoms with Gasteiger partial charge in [-0.15, -0.1) is 0 Å². The van der Waals surface area contributed by atoms with Gasteiger partial charge in [0.25, 0.3) is 0 Å². The van der Waals surface area contributed by atoms with Crippen molar-refractivity contribution >= 4 is 17.4 Å². The molecule has 2 N–H and O–H groups in total. The van der Waals surface area contributed by atoms with Crippen molar-refractivity contribution in [2.24, 2.45) is 15.7 Å². The Bertz CT molecular complexity index is 870. The van der Waals surface area contributed by atoms with Gasteiger partial charge in [0.2, 0.25) is 0 Å². The Labute approximate surface area is 161 Å². The fourth-order valence-corrected chi connectivity index (χ4v) is 3.46. The van der Waals surface area contributed by atoms with Crippen molar-refractivity contribution in [3.63, 3.8) is 0 Å². The Kier molecular flexibility index (Phi) is 5.77. The van der Waals surface area contributed by atoms with Crippen molar-refractivity contribution in [2.75, 3.05) is 20.1 Å². The topological polar surface area (TPSA) is 84.2 Å². The number of guanidine groups is 1. The Morgan fingerprint density at radius 3 is 2.59 bits per heavy atom. The minimum absolute atomic E-state index is 0.388. The van der Waals surface area contributed by atoms with Crippen LogP contribution in [0.3, 0.4) is 0 Å². The maximum absolute atomic E-state index is 6.15. The highest BCUT2D eigenvalue weighted by Gasteiger charge is 2.16. The van der Waals surface area contributed by atoms with Gasteiger partial charge in [-0.1, -0.05) is 13.8 Å². The first-order chi connectivity index (χ1) is 12.9. The molecule has 0 spiro atoms. The number of nitrogens with two attached hydrogens (primary N) is 1. The number of hydrogen-bond acceptors (Lipinski definition) is 3. The number of fused-ring (bicyclic) bond motifs is 1. The predicted octanol–water partition coefficient (Wildman–Crippen LogP) is 2.84. The largest absolute Gasteiger partial charge is 0.369 e. The summed E-state index contributed by atoms with van der Waals surface area (Å²) in [4.78, 5) is 15.7. The maximum atomic E-state index is 6.15. The monoisotopic (exact) mass is 369 g/mol. The third-order valence-electron chi connectivity index (χ3n) is 5.28. The highest BCUT2D eigenvalue weighted by atomic mass is 15.3. The minimum Gasteiger partial charge on any atom is -0.369 e. The van der Waals surface area contributed by atoms with E-state index in [0.717, 1.165) is 48.1 Å². The number of rotatable bonds is 4. The smallest absolute Gasteiger partial charge is 0.197 e. The standard InChI is InChI=1S/C20H31N7/c1-13(2)17-12-16(25-27-15(4)14(3)23-19(17)27)8-9-18(22-5)24-20(21)26-10-6-7-11-26/h12-13H,6-11H2,1-5H3,(H2,21,22,24). The lowest BCUT2D eigenvalue weighted by atomic mass is 10.0. The highest BCUT2D eigenvalue weighted by molar-refractivity contribution is 5.95. The second-order valence-electron chi connectivity index (χ2n) is 7.57. The molecule has 0 bridgehead atoms. The number of imidazole rings is 1. The number of hydrogen-bond donors (Lipinski definition) is 1. The van der Waals surface area contributed by atoms with E-state index in [-0.39, 0.29) is 0 Å². The molecule has 1 aliphatic rings. The molecular formula is C20H31N7. The van der Waals surface area contributed by atoms with Gasteiger partial charge in [-0.2, -0.15) is 5.10 Å². The maximum Gasteiger partial charge on any atom is 0.197 e. The van der Waals surface area contributed by atoms with E-state index in [1.165, 1.54) is 18.4 Å². The van der Waals surface area contributed by atoms with Crippen molar-refractivity contribution in [3.8, 4) is 0 Å². The Morgan fingerprint density at radius 2 is 1.96 bits per heavy atom. The van der Waals surface area contributed by atoms with Crippen LogP contribution >= 0.6 is 0 Å². The zero-order chi connectivity index (χ0) is 19.6. The van der Waals surface area contributed by atoms with Crippen LogP contribution in [0.5, 0.6) is 0 Å². The van der Waals surface area contributed by atoms with Crippen LogP contribution in [-0.2, 0) is 6.42 Å². The molecule has 0 unspecified atom stereocenters. The summed E-state index contributed by atoms with van der Waals surface area (Å²) in [5, 5.41) is 4.81. The number of nitrogens with zero attached hydrogens (tertiary/aromatic N) is 6. The van der Waals surface area contributed by atoms with E-state index in [9.17, 15) is 0 Å². The number of likely N-dealkylation sites (tertiary alicyclic amines) is 1. The molecule has 0 amide bonds. The molecule has 0 saturated carbocycles. The van der Waals surface area contributed by atoms with Crippen LogP contribution in [-0.4, -0.2) is 51.4 Å². The molecule has 0 radical (unpaired) electrons. The van der Waals surface area contributed by atoms with Crippen LogP contribution in [0.2, 0.25) is 0 Å². The SMILES string of the molecule is CN=C(CCc1cc(C(C)C)c2nc(C)c(C)n2n1)N=C(N)N1CCCC1. The molecule has 27 heavy (non-hydrogen) atoms. The Morgan fingerprint density at radius 1 is 1.26 bits per heavy atom. The highest BCUT2D eigenvalue weighted by Crippen LogP contribution is 2.23. The second kappa shape index (κ2) is 8.06. The van der Waals surface area contributed by atoms with Crippen molar-refractivity contribution in [1.29, 1.82) is 0 Å². The van der Waals surface area contributed by atoms with Crippen LogP contribution in [0.25, 0.3) is 5.65 Å². The summed E-state index contributed by atoms with van der Waals surface area (Å²) in [6.07, 6.45) is 3.85. The second-order valence-corrected chi connectivity index (χ2v) is 7.57. The lowest BCUT2D eigenvalue weighted by molar-refractivity contribution is 0.514.